The standard InChI is InChI=1S/C23H25F3N2O3/c1-21(2)30-18-14-27-19(28(3)20(29)23(24,25)26)22(18,31-21)13-15-9-11-17(12-10-15)16-7-5-4-6-8-16/h4-12,18-19,27H,13-14H2,1-3H3. The molecule has 1 amide bonds. The number of hydrogen-bond donors (Lipinski definition) is 1. The molecule has 1 N–H and O–H groups in total. The lowest BCUT2D eigenvalue weighted by atomic mass is 9.87. The fraction of sp³-hybridized carbons (Fsp3) is 0.435. The first-order valence-electron chi connectivity index (χ1n) is 10.1. The number of alkyl halides is 3. The van der Waals surface area contributed by atoms with Crippen LogP contribution in [0.3, 0.4) is 0 Å². The number of nitrogens with zero attached hydrogens (tertiary/aromatic N) is 1. The predicted molar refractivity (Wildman–Crippen MR) is 109 cm³/mol. The molecule has 5 nitrogen and oxygen atoms in total. The van der Waals surface area contributed by atoms with Crippen molar-refractivity contribution in [3.63, 3.8) is 0 Å². The van der Waals surface area contributed by atoms with Crippen molar-refractivity contribution in [3.05, 3.63) is 60.2 Å². The van der Waals surface area contributed by atoms with Crippen molar-refractivity contribution in [2.45, 2.75) is 50.1 Å². The molecule has 166 valence electrons. The Morgan fingerprint density at radius 2 is 1.71 bits per heavy atom. The second kappa shape index (κ2) is 7.62. The summed E-state index contributed by atoms with van der Waals surface area (Å²) < 4.78 is 51.6. The molecule has 3 unspecified atom stereocenters. The SMILES string of the molecule is CN(C(=O)C(F)(F)F)C1NCC2OC(C)(C)OC21Cc1ccc(-c2ccccc2)cc1. The van der Waals surface area contributed by atoms with Crippen LogP contribution in [-0.4, -0.2) is 54.2 Å². The molecule has 2 aliphatic heterocycles. The summed E-state index contributed by atoms with van der Waals surface area (Å²) in [5.41, 5.74) is 1.84. The number of nitrogens with one attached hydrogen (secondary N) is 1. The Morgan fingerprint density at radius 3 is 2.32 bits per heavy atom. The van der Waals surface area contributed by atoms with Crippen molar-refractivity contribution in [3.8, 4) is 11.1 Å². The van der Waals surface area contributed by atoms with Crippen LogP contribution < -0.4 is 5.32 Å². The van der Waals surface area contributed by atoms with E-state index in [1.165, 1.54) is 0 Å². The molecule has 3 atom stereocenters. The van der Waals surface area contributed by atoms with Crippen molar-refractivity contribution in [2.75, 3.05) is 13.6 Å². The average molecular weight is 434 g/mol. The van der Waals surface area contributed by atoms with E-state index in [1.54, 1.807) is 13.8 Å². The van der Waals surface area contributed by atoms with Crippen LogP contribution in [0.4, 0.5) is 13.2 Å². The monoisotopic (exact) mass is 434 g/mol. The zero-order valence-corrected chi connectivity index (χ0v) is 17.6. The molecule has 0 aromatic heterocycles. The minimum absolute atomic E-state index is 0.283. The summed E-state index contributed by atoms with van der Waals surface area (Å²) in [6.45, 7) is 3.74. The van der Waals surface area contributed by atoms with Crippen LogP contribution in [0, 0.1) is 0 Å². The van der Waals surface area contributed by atoms with Crippen molar-refractivity contribution in [2.24, 2.45) is 0 Å². The summed E-state index contributed by atoms with van der Waals surface area (Å²) in [4.78, 5) is 12.6. The number of ether oxygens (including phenoxy) is 2. The molecule has 0 saturated carbocycles. The van der Waals surface area contributed by atoms with Crippen LogP contribution >= 0.6 is 0 Å². The number of carbonyl (C=O) groups excluding carboxylic acids is 1. The molecule has 31 heavy (non-hydrogen) atoms. The van der Waals surface area contributed by atoms with E-state index >= 15 is 0 Å². The largest absolute Gasteiger partial charge is 0.471 e. The van der Waals surface area contributed by atoms with Gasteiger partial charge in [-0.15, -0.1) is 0 Å². The Bertz CT molecular complexity index is 947. The molecular formula is C23H25F3N2O3. The number of halogens is 3. The second-order valence-electron chi connectivity index (χ2n) is 8.53. The second-order valence-corrected chi connectivity index (χ2v) is 8.53. The Balaban J connectivity index is 1.64. The summed E-state index contributed by atoms with van der Waals surface area (Å²) in [6.07, 6.45) is -6.15. The van der Waals surface area contributed by atoms with Gasteiger partial charge in [-0.2, -0.15) is 13.2 Å². The van der Waals surface area contributed by atoms with Crippen LogP contribution in [-0.2, 0) is 20.7 Å². The van der Waals surface area contributed by atoms with Crippen LogP contribution in [0.5, 0.6) is 0 Å². The maximum Gasteiger partial charge on any atom is 0.471 e. The van der Waals surface area contributed by atoms with Gasteiger partial charge in [-0.05, 0) is 30.5 Å². The Morgan fingerprint density at radius 1 is 1.10 bits per heavy atom. The topological polar surface area (TPSA) is 50.8 Å². The lowest BCUT2D eigenvalue weighted by Crippen LogP contribution is -2.61. The molecule has 2 fully saturated rings. The van der Waals surface area contributed by atoms with Crippen molar-refractivity contribution < 1.29 is 27.4 Å². The van der Waals surface area contributed by atoms with E-state index in [2.05, 4.69) is 5.32 Å². The van der Waals surface area contributed by atoms with Crippen LogP contribution in [0.2, 0.25) is 0 Å². The first-order valence-corrected chi connectivity index (χ1v) is 10.1. The zero-order valence-electron chi connectivity index (χ0n) is 17.6. The minimum Gasteiger partial charge on any atom is -0.343 e. The number of fused-ring (bicyclic) bond motifs is 1. The van der Waals surface area contributed by atoms with E-state index in [1.807, 2.05) is 54.6 Å². The van der Waals surface area contributed by atoms with E-state index in [0.717, 1.165) is 23.7 Å². The van der Waals surface area contributed by atoms with Gasteiger partial charge in [-0.25, -0.2) is 0 Å². The van der Waals surface area contributed by atoms with Gasteiger partial charge in [0, 0.05) is 20.0 Å². The maximum absolute atomic E-state index is 13.1. The molecule has 0 spiro atoms. The molecular weight excluding hydrogens is 409 g/mol. The molecule has 2 aromatic rings. The van der Waals surface area contributed by atoms with Gasteiger partial charge >= 0.3 is 12.1 Å². The summed E-state index contributed by atoms with van der Waals surface area (Å²) in [7, 11) is 1.14. The van der Waals surface area contributed by atoms with Gasteiger partial charge in [-0.3, -0.25) is 10.1 Å². The molecule has 2 aromatic carbocycles. The molecule has 0 bridgehead atoms. The molecule has 8 heteroatoms. The van der Waals surface area contributed by atoms with Gasteiger partial charge < -0.3 is 14.4 Å². The van der Waals surface area contributed by atoms with Gasteiger partial charge in [0.1, 0.15) is 17.9 Å². The molecule has 0 aliphatic carbocycles. The number of carbonyl (C=O) groups is 1. The van der Waals surface area contributed by atoms with E-state index in [4.69, 9.17) is 9.47 Å². The van der Waals surface area contributed by atoms with Gasteiger partial charge in [0.25, 0.3) is 0 Å². The Labute approximate surface area is 179 Å². The quantitative estimate of drug-likeness (QED) is 0.797. The number of benzene rings is 2. The third-order valence-electron chi connectivity index (χ3n) is 5.86. The zero-order chi connectivity index (χ0) is 22.4. The van der Waals surface area contributed by atoms with E-state index in [-0.39, 0.29) is 6.54 Å². The first-order chi connectivity index (χ1) is 14.5. The van der Waals surface area contributed by atoms with E-state index < -0.39 is 35.7 Å². The fourth-order valence-corrected chi connectivity index (χ4v) is 4.62. The number of amides is 1. The van der Waals surface area contributed by atoms with Gasteiger partial charge in [0.15, 0.2) is 5.79 Å². The lowest BCUT2D eigenvalue weighted by Gasteiger charge is -2.39. The third-order valence-corrected chi connectivity index (χ3v) is 5.86. The summed E-state index contributed by atoms with van der Waals surface area (Å²) in [5.74, 6) is -2.89. The first kappa shape index (κ1) is 21.8. The van der Waals surface area contributed by atoms with Crippen molar-refractivity contribution in [1.82, 2.24) is 10.2 Å². The molecule has 0 radical (unpaired) electrons. The van der Waals surface area contributed by atoms with Gasteiger partial charge in [0.2, 0.25) is 0 Å². The highest BCUT2D eigenvalue weighted by Gasteiger charge is 2.63. The molecule has 2 saturated heterocycles. The fourth-order valence-electron chi connectivity index (χ4n) is 4.62. The predicted octanol–water partition coefficient (Wildman–Crippen LogP) is 3.74. The molecule has 2 aliphatic rings. The highest BCUT2D eigenvalue weighted by molar-refractivity contribution is 5.82. The minimum atomic E-state index is -4.97. The molecule has 2 heterocycles. The average Bonchev–Trinajstić information content (AvgIpc) is 3.16. The summed E-state index contributed by atoms with van der Waals surface area (Å²) >= 11 is 0. The highest BCUT2D eigenvalue weighted by Crippen LogP contribution is 2.45. The van der Waals surface area contributed by atoms with Crippen LogP contribution in [0.15, 0.2) is 54.6 Å². The highest BCUT2D eigenvalue weighted by atomic mass is 19.4. The number of hydrogen-bond acceptors (Lipinski definition) is 4. The van der Waals surface area contributed by atoms with Crippen molar-refractivity contribution >= 4 is 5.91 Å². The Kier molecular flexibility index (Phi) is 5.36. The smallest absolute Gasteiger partial charge is 0.343 e. The third kappa shape index (κ3) is 4.07. The van der Waals surface area contributed by atoms with Crippen molar-refractivity contribution in [1.29, 1.82) is 0 Å². The maximum atomic E-state index is 13.1. The van der Waals surface area contributed by atoms with Crippen LogP contribution in [0.25, 0.3) is 11.1 Å². The van der Waals surface area contributed by atoms with Crippen LogP contribution in [0.1, 0.15) is 19.4 Å². The van der Waals surface area contributed by atoms with Gasteiger partial charge in [0.05, 0.1) is 0 Å². The Hall–Kier alpha value is -2.42. The van der Waals surface area contributed by atoms with E-state index in [9.17, 15) is 18.0 Å². The summed E-state index contributed by atoms with van der Waals surface area (Å²) in [5, 5.41) is 3.00. The number of likely N-dealkylation sites (N-methyl/N-ethyl adjacent to an activating group) is 1. The lowest BCUT2D eigenvalue weighted by molar-refractivity contribution is -0.201. The van der Waals surface area contributed by atoms with E-state index in [0.29, 0.717) is 11.3 Å². The molecule has 4 rings (SSSR count). The summed E-state index contributed by atoms with van der Waals surface area (Å²) in [6, 6.07) is 17.7. The number of rotatable bonds is 4. The van der Waals surface area contributed by atoms with Gasteiger partial charge in [-0.1, -0.05) is 54.6 Å². The normalized spacial score (nSPS) is 27.2.